The van der Waals surface area contributed by atoms with Crippen LogP contribution in [0.4, 0.5) is 0 Å². The van der Waals surface area contributed by atoms with Crippen molar-refractivity contribution in [2.45, 2.75) is 37.4 Å². The van der Waals surface area contributed by atoms with Gasteiger partial charge in [0.25, 0.3) is 11.9 Å². The van der Waals surface area contributed by atoms with Crippen molar-refractivity contribution in [1.29, 1.82) is 0 Å². The number of nitrogens with two attached hydrogens (primary N) is 1. The minimum absolute atomic E-state index is 0.362. The molecule has 1 atom stereocenters. The van der Waals surface area contributed by atoms with Gasteiger partial charge < -0.3 is 9.47 Å². The second-order valence-electron chi connectivity index (χ2n) is 10.4. The molecule has 1 heterocycles. The van der Waals surface area contributed by atoms with Crippen molar-refractivity contribution >= 4 is 11.8 Å². The predicted octanol–water partition coefficient (Wildman–Crippen LogP) is 7.62. The van der Waals surface area contributed by atoms with E-state index in [-0.39, 0.29) is 0 Å². The van der Waals surface area contributed by atoms with Crippen LogP contribution in [-0.4, -0.2) is 16.2 Å². The lowest BCUT2D eigenvalue weighted by Gasteiger charge is -2.24. The molecule has 6 nitrogen and oxygen atoms in total. The zero-order chi connectivity index (χ0) is 30.0. The Morgan fingerprint density at radius 1 is 0.651 bits per heavy atom. The fraction of sp³-hybridized carbons (Fsp3) is 0.194. The highest BCUT2D eigenvalue weighted by Crippen LogP contribution is 2.39. The summed E-state index contributed by atoms with van der Waals surface area (Å²) >= 11 is 1.69. The van der Waals surface area contributed by atoms with Gasteiger partial charge in [-0.1, -0.05) is 135 Å². The van der Waals surface area contributed by atoms with Crippen LogP contribution in [0.15, 0.2) is 134 Å². The van der Waals surface area contributed by atoms with Crippen LogP contribution in [0, 0.1) is 0 Å². The Morgan fingerprint density at radius 3 is 1.42 bits per heavy atom. The van der Waals surface area contributed by atoms with E-state index in [1.165, 1.54) is 6.20 Å². The van der Waals surface area contributed by atoms with Gasteiger partial charge in [0.05, 0.1) is 6.07 Å². The normalized spacial score (nSPS) is 12.0. The summed E-state index contributed by atoms with van der Waals surface area (Å²) in [5.41, 5.74) is 4.34. The van der Waals surface area contributed by atoms with Crippen LogP contribution >= 0.6 is 11.8 Å². The number of aromatic nitrogens is 1. The molecule has 0 aliphatic carbocycles. The van der Waals surface area contributed by atoms with Crippen molar-refractivity contribution in [3.05, 3.63) is 162 Å². The summed E-state index contributed by atoms with van der Waals surface area (Å²) in [7, 11) is 0. The number of nitrogens with zero attached hydrogens (tertiary/aromatic N) is 1. The number of rotatable bonds is 13. The predicted molar refractivity (Wildman–Crippen MR) is 170 cm³/mol. The van der Waals surface area contributed by atoms with Gasteiger partial charge >= 0.3 is 0 Å². The van der Waals surface area contributed by atoms with Crippen molar-refractivity contribution in [2.24, 2.45) is 5.90 Å². The Hall–Kier alpha value is -4.30. The fourth-order valence-electron chi connectivity index (χ4n) is 4.84. The van der Waals surface area contributed by atoms with Crippen molar-refractivity contribution in [2.75, 3.05) is 5.75 Å². The molecule has 0 aliphatic rings. The summed E-state index contributed by atoms with van der Waals surface area (Å²) in [5, 5.41) is 11.6. The van der Waals surface area contributed by atoms with Gasteiger partial charge in [-0.3, -0.25) is 10.0 Å². The third kappa shape index (κ3) is 7.76. The van der Waals surface area contributed by atoms with Crippen molar-refractivity contribution in [3.8, 4) is 11.5 Å². The number of thioether (sulfide) groups is 1. The molecule has 0 bridgehead atoms. The Balaban J connectivity index is 1.62. The molecule has 5 rings (SSSR count). The van der Waals surface area contributed by atoms with Crippen molar-refractivity contribution < 1.29 is 24.2 Å². The smallest absolute Gasteiger partial charge is 0.269 e. The summed E-state index contributed by atoms with van der Waals surface area (Å²) in [6.45, 7) is 4.21. The maximum atomic E-state index is 11.2. The number of hydrogen-bond acceptors (Lipinski definition) is 6. The minimum atomic E-state index is -0.584. The Kier molecular flexibility index (Phi) is 10.3. The summed E-state index contributed by atoms with van der Waals surface area (Å²) in [6.07, 6.45) is 0.0458. The van der Waals surface area contributed by atoms with E-state index in [1.54, 1.807) is 17.8 Å². The van der Waals surface area contributed by atoms with E-state index in [0.717, 1.165) is 27.0 Å². The molecule has 0 spiro atoms. The first-order valence-corrected chi connectivity index (χ1v) is 15.4. The highest BCUT2D eigenvalue weighted by Gasteiger charge is 2.31. The Morgan fingerprint density at radius 2 is 1.05 bits per heavy atom. The maximum Gasteiger partial charge on any atom is 0.269 e. The first-order chi connectivity index (χ1) is 21.0. The van der Waals surface area contributed by atoms with E-state index in [2.05, 4.69) is 13.8 Å². The van der Waals surface area contributed by atoms with Crippen LogP contribution < -0.4 is 20.1 Å². The molecule has 0 fully saturated rings. The summed E-state index contributed by atoms with van der Waals surface area (Å²) in [5.74, 6) is 7.12. The number of ether oxygens (including phenoxy) is 2. The number of pyridine rings is 1. The van der Waals surface area contributed by atoms with Crippen LogP contribution in [0.5, 0.6) is 11.5 Å². The molecule has 0 saturated heterocycles. The van der Waals surface area contributed by atoms with Gasteiger partial charge in [-0.2, -0.15) is 11.8 Å². The lowest BCUT2D eigenvalue weighted by molar-refractivity contribution is -0.911. The minimum Gasteiger partial charge on any atom is -0.477 e. The van der Waals surface area contributed by atoms with E-state index in [4.69, 9.17) is 20.2 Å². The molecule has 1 unspecified atom stereocenters. The van der Waals surface area contributed by atoms with E-state index < -0.39 is 18.3 Å². The summed E-state index contributed by atoms with van der Waals surface area (Å²) in [6, 6.07) is 41.8. The van der Waals surface area contributed by atoms with Gasteiger partial charge in [-0.15, -0.1) is 0 Å². The molecule has 0 aliphatic heterocycles. The van der Waals surface area contributed by atoms with Gasteiger partial charge in [0.2, 0.25) is 5.75 Å². The molecule has 0 saturated carbocycles. The standard InChI is InChI=1S/C36H37N2O4S/c1-26(2)43-25-34(42-37)31-23-32(40-35(27-15-7-3-8-16-27)28-17-9-4-10-18-28)33(24-38(31)39)41-36(29-19-11-5-12-20-29)30-21-13-6-14-22-30/h3-24,26,34-36,39H,25,37H2,1-2H3/q+1. The van der Waals surface area contributed by atoms with Crippen LogP contribution in [0.2, 0.25) is 0 Å². The quantitative estimate of drug-likeness (QED) is 0.0831. The topological polar surface area (TPSA) is 77.8 Å². The summed E-state index contributed by atoms with van der Waals surface area (Å²) in [4.78, 5) is 5.36. The van der Waals surface area contributed by atoms with Crippen LogP contribution in [0.25, 0.3) is 0 Å². The molecular weight excluding hydrogens is 556 g/mol. The molecule has 4 aromatic carbocycles. The van der Waals surface area contributed by atoms with Gasteiger partial charge in [-0.05, 0) is 27.5 Å². The average Bonchev–Trinajstić information content (AvgIpc) is 3.05. The first kappa shape index (κ1) is 30.2. The highest BCUT2D eigenvalue weighted by atomic mass is 32.2. The van der Waals surface area contributed by atoms with Gasteiger partial charge in [0.15, 0.2) is 11.9 Å². The zero-order valence-corrected chi connectivity index (χ0v) is 25.1. The van der Waals surface area contributed by atoms with E-state index in [0.29, 0.717) is 28.2 Å². The van der Waals surface area contributed by atoms with Crippen molar-refractivity contribution in [1.82, 2.24) is 0 Å². The molecule has 5 aromatic rings. The van der Waals surface area contributed by atoms with E-state index in [9.17, 15) is 5.21 Å². The molecule has 1 aromatic heterocycles. The van der Waals surface area contributed by atoms with E-state index >= 15 is 0 Å². The maximum absolute atomic E-state index is 11.2. The largest absolute Gasteiger partial charge is 0.477 e. The fourth-order valence-corrected chi connectivity index (χ4v) is 5.65. The third-order valence-corrected chi connectivity index (χ3v) is 8.16. The zero-order valence-electron chi connectivity index (χ0n) is 24.3. The molecule has 220 valence electrons. The molecule has 43 heavy (non-hydrogen) atoms. The monoisotopic (exact) mass is 593 g/mol. The molecular formula is C36H37N2O4S+. The first-order valence-electron chi connectivity index (χ1n) is 14.3. The number of hydrogen-bond donors (Lipinski definition) is 2. The molecule has 0 radical (unpaired) electrons. The Labute approximate surface area is 257 Å². The highest BCUT2D eigenvalue weighted by molar-refractivity contribution is 7.99. The van der Waals surface area contributed by atoms with Crippen molar-refractivity contribution in [3.63, 3.8) is 0 Å². The lowest BCUT2D eigenvalue weighted by Crippen LogP contribution is -2.38. The second-order valence-corrected chi connectivity index (χ2v) is 12.0. The Bertz CT molecular complexity index is 1480. The van der Waals surface area contributed by atoms with Crippen LogP contribution in [-0.2, 0) is 4.84 Å². The molecule has 7 heteroatoms. The molecule has 3 N–H and O–H groups in total. The number of benzene rings is 4. The summed E-state index contributed by atoms with van der Waals surface area (Å²) < 4.78 is 14.6. The van der Waals surface area contributed by atoms with Gasteiger partial charge in [-0.25, -0.2) is 5.90 Å². The lowest BCUT2D eigenvalue weighted by atomic mass is 10.0. The van der Waals surface area contributed by atoms with Gasteiger partial charge in [0.1, 0.15) is 12.2 Å². The van der Waals surface area contributed by atoms with Crippen LogP contribution in [0.1, 0.15) is 60.1 Å². The second kappa shape index (κ2) is 14.7. The average molecular weight is 594 g/mol. The SMILES string of the molecule is CC(C)SCC(ON)c1cc(OC(c2ccccc2)c2ccccc2)c(OC(c2ccccc2)c2ccccc2)c[n+]1O. The van der Waals surface area contributed by atoms with Gasteiger partial charge in [0, 0.05) is 10.5 Å². The van der Waals surface area contributed by atoms with E-state index in [1.807, 2.05) is 121 Å². The van der Waals surface area contributed by atoms with Crippen LogP contribution in [0.3, 0.4) is 0 Å². The molecule has 0 amide bonds. The third-order valence-electron chi connectivity index (χ3n) is 7.00.